The fraction of sp³-hybridized carbons (Fsp3) is 0.462. The average molecular weight is 321 g/mol. The summed E-state index contributed by atoms with van der Waals surface area (Å²) in [5.41, 5.74) is 0.610. The van der Waals surface area contributed by atoms with Crippen molar-refractivity contribution in [1.82, 2.24) is 0 Å². The molecular weight excluding hydrogens is 304 g/mol. The van der Waals surface area contributed by atoms with Gasteiger partial charge in [0.2, 0.25) is 9.84 Å². The normalized spacial score (nSPS) is 13.0. The summed E-state index contributed by atoms with van der Waals surface area (Å²) in [6.07, 6.45) is 0. The lowest BCUT2D eigenvalue weighted by Crippen LogP contribution is -2.29. The van der Waals surface area contributed by atoms with Crippen LogP contribution in [0.4, 0.5) is 14.5 Å². The second-order valence-electron chi connectivity index (χ2n) is 4.60. The number of hydrogen-bond donors (Lipinski definition) is 0. The van der Waals surface area contributed by atoms with Crippen molar-refractivity contribution in [3.63, 3.8) is 0 Å². The molecule has 0 radical (unpaired) electrons. The van der Waals surface area contributed by atoms with Crippen LogP contribution in [0.15, 0.2) is 29.2 Å². The maximum absolute atomic E-state index is 12.4. The summed E-state index contributed by atoms with van der Waals surface area (Å²) in [7, 11) is -1.59. The number of alkyl halides is 2. The van der Waals surface area contributed by atoms with E-state index in [4.69, 9.17) is 0 Å². The zero-order valence-corrected chi connectivity index (χ0v) is 12.7. The third kappa shape index (κ3) is 4.13. The minimum Gasteiger partial charge on any atom is -0.469 e. The van der Waals surface area contributed by atoms with E-state index < -0.39 is 20.5 Å². The molecule has 0 bridgehead atoms. The van der Waals surface area contributed by atoms with Gasteiger partial charge in [-0.15, -0.1) is 0 Å². The molecule has 0 saturated heterocycles. The highest BCUT2D eigenvalue weighted by Crippen LogP contribution is 2.22. The Bertz CT molecular complexity index is 587. The highest BCUT2D eigenvalue weighted by molar-refractivity contribution is 7.91. The SMILES string of the molecule is COC(=O)C(C)CN(C)c1ccc(S(=O)(=O)C(F)F)cc1. The van der Waals surface area contributed by atoms with E-state index in [1.807, 2.05) is 0 Å². The number of hydrogen-bond acceptors (Lipinski definition) is 5. The van der Waals surface area contributed by atoms with Crippen molar-refractivity contribution in [3.8, 4) is 0 Å². The molecule has 0 aromatic heterocycles. The molecule has 1 atom stereocenters. The summed E-state index contributed by atoms with van der Waals surface area (Å²) in [6.45, 7) is 2.05. The molecule has 5 nitrogen and oxygen atoms in total. The van der Waals surface area contributed by atoms with E-state index in [1.54, 1.807) is 18.9 Å². The van der Waals surface area contributed by atoms with E-state index in [2.05, 4.69) is 4.74 Å². The van der Waals surface area contributed by atoms with Crippen LogP contribution >= 0.6 is 0 Å². The minimum atomic E-state index is -4.59. The predicted octanol–water partition coefficient (Wildman–Crippen LogP) is 1.93. The van der Waals surface area contributed by atoms with Crippen molar-refractivity contribution in [2.75, 3.05) is 25.6 Å². The van der Waals surface area contributed by atoms with Crippen LogP contribution in [0.3, 0.4) is 0 Å². The van der Waals surface area contributed by atoms with E-state index in [0.717, 1.165) is 12.1 Å². The van der Waals surface area contributed by atoms with E-state index in [1.165, 1.54) is 19.2 Å². The molecule has 0 aliphatic heterocycles. The van der Waals surface area contributed by atoms with Crippen molar-refractivity contribution in [1.29, 1.82) is 0 Å². The molecule has 0 amide bonds. The van der Waals surface area contributed by atoms with Crippen LogP contribution in [0.2, 0.25) is 0 Å². The molecule has 0 aliphatic carbocycles. The van der Waals surface area contributed by atoms with E-state index >= 15 is 0 Å². The highest BCUT2D eigenvalue weighted by Gasteiger charge is 2.26. The molecule has 0 saturated carbocycles. The number of carbonyl (C=O) groups is 1. The van der Waals surface area contributed by atoms with Crippen LogP contribution in [0.25, 0.3) is 0 Å². The third-order valence-electron chi connectivity index (χ3n) is 2.99. The molecule has 0 N–H and O–H groups in total. The van der Waals surface area contributed by atoms with Crippen LogP contribution in [-0.2, 0) is 19.4 Å². The predicted molar refractivity (Wildman–Crippen MR) is 74.1 cm³/mol. The van der Waals surface area contributed by atoms with E-state index in [9.17, 15) is 22.0 Å². The largest absolute Gasteiger partial charge is 0.469 e. The molecule has 1 aromatic carbocycles. The standard InChI is InChI=1S/C13H17F2NO4S/c1-9(12(17)20-3)8-16(2)10-4-6-11(7-5-10)21(18,19)13(14)15/h4-7,9,13H,8H2,1-3H3. The number of sulfone groups is 1. The Morgan fingerprint density at radius 3 is 2.24 bits per heavy atom. The molecule has 8 heteroatoms. The Kier molecular flexibility index (Phi) is 5.65. The summed E-state index contributed by atoms with van der Waals surface area (Å²) in [4.78, 5) is 12.6. The van der Waals surface area contributed by atoms with Gasteiger partial charge in [-0.3, -0.25) is 4.79 Å². The lowest BCUT2D eigenvalue weighted by Gasteiger charge is -2.22. The number of benzene rings is 1. The van der Waals surface area contributed by atoms with E-state index in [0.29, 0.717) is 12.2 Å². The number of methoxy groups -OCH3 is 1. The second kappa shape index (κ2) is 6.84. The van der Waals surface area contributed by atoms with Gasteiger partial charge in [0.15, 0.2) is 0 Å². The maximum atomic E-state index is 12.4. The number of esters is 1. The van der Waals surface area contributed by atoms with Crippen LogP contribution in [0.1, 0.15) is 6.92 Å². The summed E-state index contributed by atoms with van der Waals surface area (Å²) in [6, 6.07) is 5.07. The molecule has 1 rings (SSSR count). The number of nitrogens with zero attached hydrogens (tertiary/aromatic N) is 1. The van der Waals surface area contributed by atoms with Crippen molar-refractivity contribution >= 4 is 21.5 Å². The lowest BCUT2D eigenvalue weighted by atomic mass is 10.1. The number of rotatable bonds is 6. The molecule has 0 spiro atoms. The molecule has 21 heavy (non-hydrogen) atoms. The van der Waals surface area contributed by atoms with E-state index in [-0.39, 0.29) is 11.9 Å². The van der Waals surface area contributed by atoms with Crippen LogP contribution in [0.5, 0.6) is 0 Å². The topological polar surface area (TPSA) is 63.7 Å². The average Bonchev–Trinajstić information content (AvgIpc) is 2.46. The summed E-state index contributed by atoms with van der Waals surface area (Å²) >= 11 is 0. The molecule has 0 fully saturated rings. The first kappa shape index (κ1) is 17.4. The monoisotopic (exact) mass is 321 g/mol. The first-order valence-electron chi connectivity index (χ1n) is 6.11. The smallest absolute Gasteiger partial charge is 0.341 e. The Labute approximate surface area is 122 Å². The van der Waals surface area contributed by atoms with Gasteiger partial charge in [-0.25, -0.2) is 8.42 Å². The van der Waals surface area contributed by atoms with Gasteiger partial charge in [0.05, 0.1) is 17.9 Å². The lowest BCUT2D eigenvalue weighted by molar-refractivity contribution is -0.144. The van der Waals surface area contributed by atoms with Crippen molar-refractivity contribution in [2.45, 2.75) is 17.6 Å². The Balaban J connectivity index is 2.86. The quantitative estimate of drug-likeness (QED) is 0.749. The molecule has 1 aromatic rings. The second-order valence-corrected chi connectivity index (χ2v) is 6.52. The fourth-order valence-corrected chi connectivity index (χ4v) is 2.51. The van der Waals surface area contributed by atoms with Crippen molar-refractivity contribution in [3.05, 3.63) is 24.3 Å². The molecule has 1 unspecified atom stereocenters. The van der Waals surface area contributed by atoms with Gasteiger partial charge >= 0.3 is 11.7 Å². The van der Waals surface area contributed by atoms with Gasteiger partial charge < -0.3 is 9.64 Å². The maximum Gasteiger partial charge on any atom is 0.341 e. The zero-order chi connectivity index (χ0) is 16.2. The van der Waals surface area contributed by atoms with Crippen LogP contribution < -0.4 is 4.90 Å². The van der Waals surface area contributed by atoms with Crippen molar-refractivity contribution in [2.24, 2.45) is 5.92 Å². The highest BCUT2D eigenvalue weighted by atomic mass is 32.2. The molecular formula is C13H17F2NO4S. The number of carbonyl (C=O) groups excluding carboxylic acids is 1. The summed E-state index contributed by atoms with van der Waals surface area (Å²) < 4.78 is 52.0. The third-order valence-corrected chi connectivity index (χ3v) is 4.39. The molecule has 0 heterocycles. The van der Waals surface area contributed by atoms with Gasteiger partial charge in [-0.05, 0) is 24.3 Å². The molecule has 118 valence electrons. The fourth-order valence-electron chi connectivity index (χ4n) is 1.79. The van der Waals surface area contributed by atoms with Gasteiger partial charge in [0.25, 0.3) is 0 Å². The van der Waals surface area contributed by atoms with Crippen LogP contribution in [-0.4, -0.2) is 40.8 Å². The van der Waals surface area contributed by atoms with Crippen LogP contribution in [0, 0.1) is 5.92 Å². The molecule has 0 aliphatic rings. The van der Waals surface area contributed by atoms with Crippen molar-refractivity contribution < 1.29 is 26.7 Å². The Morgan fingerprint density at radius 2 is 1.81 bits per heavy atom. The summed E-state index contributed by atoms with van der Waals surface area (Å²) in [5.74, 6) is -4.18. The first-order chi connectivity index (χ1) is 9.70. The summed E-state index contributed by atoms with van der Waals surface area (Å²) in [5, 5.41) is 0. The minimum absolute atomic E-state index is 0.355. The number of anilines is 1. The van der Waals surface area contributed by atoms with Gasteiger partial charge in [-0.1, -0.05) is 6.92 Å². The zero-order valence-electron chi connectivity index (χ0n) is 11.9. The van der Waals surface area contributed by atoms with Gasteiger partial charge in [0, 0.05) is 19.3 Å². The first-order valence-corrected chi connectivity index (χ1v) is 7.66. The van der Waals surface area contributed by atoms with Gasteiger partial charge in [-0.2, -0.15) is 8.78 Å². The Hall–Kier alpha value is -1.70. The number of ether oxygens (including phenoxy) is 1. The van der Waals surface area contributed by atoms with Gasteiger partial charge in [0.1, 0.15) is 0 Å². The Morgan fingerprint density at radius 1 is 1.29 bits per heavy atom. The number of halogens is 2.